The average Bonchev–Trinajstić information content (AvgIpc) is 2.36. The molecule has 1 unspecified atom stereocenters. The molecule has 0 radical (unpaired) electrons. The van der Waals surface area contributed by atoms with Crippen LogP contribution in [0.15, 0.2) is 49.1 Å². The molecule has 1 aromatic rings. The van der Waals surface area contributed by atoms with Gasteiger partial charge in [-0.1, -0.05) is 62.8 Å². The number of rotatable bonds is 7. The predicted octanol–water partition coefficient (Wildman–Crippen LogP) is 4.81. The summed E-state index contributed by atoms with van der Waals surface area (Å²) < 4.78 is 5.74. The molecular formula is C16H22O. The number of ether oxygens (including phenoxy) is 1. The number of unbranched alkanes of at least 4 members (excludes halogenated alkanes) is 2. The third kappa shape index (κ3) is 5.39. The fourth-order valence-electron chi connectivity index (χ4n) is 1.57. The molecule has 17 heavy (non-hydrogen) atoms. The van der Waals surface area contributed by atoms with E-state index in [1.807, 2.05) is 37.3 Å². The molecule has 1 atom stereocenters. The predicted molar refractivity (Wildman–Crippen MR) is 74.7 cm³/mol. The van der Waals surface area contributed by atoms with Crippen molar-refractivity contribution in [3.8, 4) is 0 Å². The first-order chi connectivity index (χ1) is 8.24. The van der Waals surface area contributed by atoms with E-state index in [2.05, 4.69) is 25.7 Å². The summed E-state index contributed by atoms with van der Waals surface area (Å²) in [5.74, 6) is 0.734. The highest BCUT2D eigenvalue weighted by molar-refractivity contribution is 5.57. The fraction of sp³-hybridized carbons (Fsp3) is 0.375. The highest BCUT2D eigenvalue weighted by Crippen LogP contribution is 2.15. The molecule has 0 saturated carbocycles. The van der Waals surface area contributed by atoms with Crippen molar-refractivity contribution in [2.45, 2.75) is 39.2 Å². The first kappa shape index (κ1) is 13.6. The molecule has 92 valence electrons. The minimum Gasteiger partial charge on any atom is -0.487 e. The molecular weight excluding hydrogens is 208 g/mol. The molecule has 0 aromatic heterocycles. The van der Waals surface area contributed by atoms with Crippen molar-refractivity contribution in [2.75, 3.05) is 0 Å². The van der Waals surface area contributed by atoms with E-state index in [4.69, 9.17) is 4.74 Å². The molecule has 0 aliphatic rings. The molecule has 0 aliphatic carbocycles. The first-order valence-electron chi connectivity index (χ1n) is 6.31. The topological polar surface area (TPSA) is 9.23 Å². The number of benzene rings is 1. The van der Waals surface area contributed by atoms with E-state index in [-0.39, 0.29) is 6.10 Å². The largest absolute Gasteiger partial charge is 0.487 e. The Hall–Kier alpha value is -1.50. The van der Waals surface area contributed by atoms with Crippen LogP contribution >= 0.6 is 0 Å². The number of hydrogen-bond donors (Lipinski definition) is 0. The zero-order chi connectivity index (χ0) is 12.5. The smallest absolute Gasteiger partial charge is 0.120 e. The quantitative estimate of drug-likeness (QED) is 0.371. The Kier molecular flexibility index (Phi) is 6.16. The lowest BCUT2D eigenvalue weighted by Crippen LogP contribution is -2.03. The van der Waals surface area contributed by atoms with Gasteiger partial charge in [0, 0.05) is 5.56 Å². The van der Waals surface area contributed by atoms with Crippen molar-refractivity contribution in [2.24, 2.45) is 0 Å². The van der Waals surface area contributed by atoms with E-state index in [9.17, 15) is 0 Å². The summed E-state index contributed by atoms with van der Waals surface area (Å²) in [5.41, 5.74) is 1.04. The molecule has 0 fully saturated rings. The van der Waals surface area contributed by atoms with Crippen molar-refractivity contribution in [3.05, 3.63) is 54.6 Å². The van der Waals surface area contributed by atoms with Crippen LogP contribution < -0.4 is 0 Å². The Morgan fingerprint density at radius 1 is 1.35 bits per heavy atom. The van der Waals surface area contributed by atoms with Gasteiger partial charge in [0.1, 0.15) is 11.9 Å². The van der Waals surface area contributed by atoms with Gasteiger partial charge in [-0.25, -0.2) is 0 Å². The molecule has 0 N–H and O–H groups in total. The van der Waals surface area contributed by atoms with Crippen molar-refractivity contribution < 1.29 is 4.74 Å². The number of allylic oxidation sites excluding steroid dienone is 1. The lowest BCUT2D eigenvalue weighted by atomic mass is 10.2. The lowest BCUT2D eigenvalue weighted by Gasteiger charge is -2.13. The molecule has 0 amide bonds. The van der Waals surface area contributed by atoms with Crippen molar-refractivity contribution in [1.82, 2.24) is 0 Å². The van der Waals surface area contributed by atoms with E-state index in [1.165, 1.54) is 12.8 Å². The van der Waals surface area contributed by atoms with Gasteiger partial charge in [-0.3, -0.25) is 0 Å². The van der Waals surface area contributed by atoms with Crippen LogP contribution in [-0.4, -0.2) is 6.10 Å². The molecule has 0 bridgehead atoms. The van der Waals surface area contributed by atoms with E-state index in [1.54, 1.807) is 0 Å². The second-order valence-corrected chi connectivity index (χ2v) is 4.18. The molecule has 1 aromatic carbocycles. The van der Waals surface area contributed by atoms with Gasteiger partial charge in [0.2, 0.25) is 0 Å². The van der Waals surface area contributed by atoms with Crippen LogP contribution in [0.25, 0.3) is 5.76 Å². The SMILES string of the molecule is C=C(OC(C)/C=C/CCCC)c1ccccc1. The third-order valence-corrected chi connectivity index (χ3v) is 2.56. The number of hydrogen-bond acceptors (Lipinski definition) is 1. The second kappa shape index (κ2) is 7.72. The van der Waals surface area contributed by atoms with E-state index in [0.29, 0.717) is 0 Å². The summed E-state index contributed by atoms with van der Waals surface area (Å²) in [6.07, 6.45) is 7.97. The summed E-state index contributed by atoms with van der Waals surface area (Å²) in [6, 6.07) is 9.99. The normalized spacial score (nSPS) is 12.6. The maximum absolute atomic E-state index is 5.74. The maximum atomic E-state index is 5.74. The van der Waals surface area contributed by atoms with Crippen LogP contribution in [-0.2, 0) is 4.74 Å². The lowest BCUT2D eigenvalue weighted by molar-refractivity contribution is 0.230. The van der Waals surface area contributed by atoms with E-state index in [0.717, 1.165) is 17.7 Å². The molecule has 1 rings (SSSR count). The molecule has 0 saturated heterocycles. The zero-order valence-electron chi connectivity index (χ0n) is 10.9. The van der Waals surface area contributed by atoms with Crippen LogP contribution in [0, 0.1) is 0 Å². The van der Waals surface area contributed by atoms with Crippen LogP contribution in [0.3, 0.4) is 0 Å². The Bertz CT molecular complexity index is 351. The highest BCUT2D eigenvalue weighted by atomic mass is 16.5. The summed E-state index contributed by atoms with van der Waals surface area (Å²) in [4.78, 5) is 0. The Balaban J connectivity index is 2.38. The van der Waals surface area contributed by atoms with Gasteiger partial charge >= 0.3 is 0 Å². The average molecular weight is 230 g/mol. The molecule has 0 spiro atoms. The minimum absolute atomic E-state index is 0.0829. The van der Waals surface area contributed by atoms with Crippen LogP contribution in [0.5, 0.6) is 0 Å². The zero-order valence-corrected chi connectivity index (χ0v) is 10.9. The second-order valence-electron chi connectivity index (χ2n) is 4.18. The van der Waals surface area contributed by atoms with Gasteiger partial charge in [-0.05, 0) is 19.4 Å². The Labute approximate surface area is 105 Å². The minimum atomic E-state index is 0.0829. The highest BCUT2D eigenvalue weighted by Gasteiger charge is 2.02. The summed E-state index contributed by atoms with van der Waals surface area (Å²) in [7, 11) is 0. The van der Waals surface area contributed by atoms with Gasteiger partial charge in [0.15, 0.2) is 0 Å². The van der Waals surface area contributed by atoms with E-state index < -0.39 is 0 Å². The third-order valence-electron chi connectivity index (χ3n) is 2.56. The summed E-state index contributed by atoms with van der Waals surface area (Å²) >= 11 is 0. The Morgan fingerprint density at radius 3 is 2.71 bits per heavy atom. The van der Waals surface area contributed by atoms with Gasteiger partial charge in [-0.15, -0.1) is 0 Å². The summed E-state index contributed by atoms with van der Waals surface area (Å²) in [6.45, 7) is 8.19. The van der Waals surface area contributed by atoms with E-state index >= 15 is 0 Å². The standard InChI is InChI=1S/C16H22O/c1-4-5-6-8-11-14(2)17-15(3)16-12-9-7-10-13-16/h7-14H,3-6H2,1-2H3/b11-8+. The fourth-order valence-corrected chi connectivity index (χ4v) is 1.57. The first-order valence-corrected chi connectivity index (χ1v) is 6.31. The maximum Gasteiger partial charge on any atom is 0.120 e. The van der Waals surface area contributed by atoms with Crippen LogP contribution in [0.2, 0.25) is 0 Å². The molecule has 0 heterocycles. The van der Waals surface area contributed by atoms with Crippen molar-refractivity contribution >= 4 is 5.76 Å². The van der Waals surface area contributed by atoms with Gasteiger partial charge < -0.3 is 4.74 Å². The van der Waals surface area contributed by atoms with Crippen molar-refractivity contribution in [3.63, 3.8) is 0 Å². The van der Waals surface area contributed by atoms with Gasteiger partial charge in [0.05, 0.1) is 0 Å². The molecule has 1 heteroatoms. The van der Waals surface area contributed by atoms with Gasteiger partial charge in [-0.2, -0.15) is 0 Å². The van der Waals surface area contributed by atoms with Crippen LogP contribution in [0.4, 0.5) is 0 Å². The summed E-state index contributed by atoms with van der Waals surface area (Å²) in [5, 5.41) is 0. The molecule has 1 nitrogen and oxygen atoms in total. The van der Waals surface area contributed by atoms with Crippen molar-refractivity contribution in [1.29, 1.82) is 0 Å². The monoisotopic (exact) mass is 230 g/mol. The molecule has 0 aliphatic heterocycles. The van der Waals surface area contributed by atoms with Gasteiger partial charge in [0.25, 0.3) is 0 Å². The Morgan fingerprint density at radius 2 is 2.06 bits per heavy atom. The van der Waals surface area contributed by atoms with Crippen LogP contribution in [0.1, 0.15) is 38.7 Å².